The summed E-state index contributed by atoms with van der Waals surface area (Å²) in [4.78, 5) is 77.4. The predicted molar refractivity (Wildman–Crippen MR) is 339 cm³/mol. The van der Waals surface area contributed by atoms with Gasteiger partial charge in [-0.3, -0.25) is 39.2 Å². The summed E-state index contributed by atoms with van der Waals surface area (Å²) < 4.78 is 22.1. The molecule has 7 aromatic rings. The number of amides is 3. The summed E-state index contributed by atoms with van der Waals surface area (Å²) in [5.74, 6) is 0.932. The number of imide groups is 1. The zero-order valence-electron chi connectivity index (χ0n) is 50.9. The fourth-order valence-electron chi connectivity index (χ4n) is 12.8. The first-order chi connectivity index (χ1) is 40.7. The molecule has 0 spiro atoms. The van der Waals surface area contributed by atoms with Crippen molar-refractivity contribution in [1.82, 2.24) is 34.9 Å². The van der Waals surface area contributed by atoms with E-state index in [9.17, 15) is 19.2 Å². The number of piperidine rings is 1. The fraction of sp³-hybridized carbons (Fsp3) is 0.485. The van der Waals surface area contributed by atoms with Gasteiger partial charge in [-0.25, -0.2) is 14.8 Å². The Morgan fingerprint density at radius 1 is 0.847 bits per heavy atom. The van der Waals surface area contributed by atoms with Crippen molar-refractivity contribution in [1.29, 1.82) is 0 Å². The highest BCUT2D eigenvalue weighted by atomic mass is 32.1. The largest absolute Gasteiger partial charge is 0.490 e. The zero-order chi connectivity index (χ0) is 59.7. The summed E-state index contributed by atoms with van der Waals surface area (Å²) >= 11 is 1.46. The number of hydrogen-bond donors (Lipinski definition) is 1. The summed E-state index contributed by atoms with van der Waals surface area (Å²) in [5, 5.41) is 8.88. The Kier molecular flexibility index (Phi) is 17.6. The molecule has 3 fully saturated rings. The van der Waals surface area contributed by atoms with Crippen LogP contribution in [0.5, 0.6) is 5.75 Å². The number of nitrogens with one attached hydrogen (secondary N) is 1. The fourth-order valence-corrected chi connectivity index (χ4v) is 14.5. The molecule has 4 aliphatic rings. The smallest absolute Gasteiger partial charge is 0.358 e. The molecule has 4 aromatic heterocycles. The van der Waals surface area contributed by atoms with Crippen molar-refractivity contribution in [3.05, 3.63) is 119 Å². The minimum Gasteiger partial charge on any atom is -0.490 e. The third kappa shape index (κ3) is 13.6. The Morgan fingerprint density at radius 3 is 2.38 bits per heavy atom. The quantitative estimate of drug-likeness (QED) is 0.0282. The Hall–Kier alpha value is -7.06. The molecular weight excluding hydrogens is 1100 g/mol. The molecule has 0 bridgehead atoms. The molecule has 3 aliphatic heterocycles. The van der Waals surface area contributed by atoms with Gasteiger partial charge in [-0.15, -0.1) is 0 Å². The Labute approximate surface area is 504 Å². The standard InChI is InChI=1S/C66H82N10O7SSi/c1-42(39-73-32-34-74(35-33-73)53-17-12-15-49-58(71-72(6)61(49)53)50-25-27-57(77)70-62(50)78)38-44-20-22-46(23-21-44)82-54-18-13-14-47(43(54)2)48-24-26-56(69-60(48)64(80)83-66(3,4)5)75-31-29-45-28-30-67-59(51(45)40-75)63(79)76(41-81-36-37-85(7,8)9)65-68-52-16-10-11-19-55(52)84-65/h10-19,24,26,28,30,42,44,46,50H,20-23,25,27,29,31-41H2,1-9H3,(H,70,77,78)/t42-,44?,46?,50?/m0/s1. The second-order valence-electron chi connectivity index (χ2n) is 26.1. The van der Waals surface area contributed by atoms with Crippen LogP contribution in [0.3, 0.4) is 0 Å². The normalized spacial score (nSPS) is 19.2. The Bertz CT molecular complexity index is 3580. The molecule has 17 nitrogen and oxygen atoms in total. The van der Waals surface area contributed by atoms with Crippen LogP contribution < -0.4 is 24.8 Å². The molecule has 3 aromatic carbocycles. The lowest BCUT2D eigenvalue weighted by Gasteiger charge is -2.38. The van der Waals surface area contributed by atoms with E-state index in [1.807, 2.05) is 99.2 Å². The number of ether oxygens (including phenoxy) is 3. The minimum atomic E-state index is -1.38. The number of anilines is 3. The average Bonchev–Trinajstić information content (AvgIpc) is 2.09. The highest BCUT2D eigenvalue weighted by molar-refractivity contribution is 7.22. The van der Waals surface area contributed by atoms with E-state index < -0.39 is 25.6 Å². The van der Waals surface area contributed by atoms with Crippen LogP contribution in [-0.2, 0) is 39.1 Å². The lowest BCUT2D eigenvalue weighted by molar-refractivity contribution is -0.134. The van der Waals surface area contributed by atoms with Gasteiger partial charge in [0, 0.05) is 96.7 Å². The number of carbonyl (C=O) groups excluding carboxylic acids is 4. The monoisotopic (exact) mass is 1190 g/mol. The van der Waals surface area contributed by atoms with Gasteiger partial charge in [0.2, 0.25) is 11.8 Å². The SMILES string of the molecule is Cc1c(OC2CCC(C[C@H](C)CN3CCN(c4cccc5c(C6CCC(=O)NC6=O)nn(C)c45)CC3)CC2)cccc1-c1ccc(N2CCc3ccnc(C(=O)N(COCC[Si](C)(C)C)c4nc5ccccc5s4)c3C2)nc1C(=O)OC(C)(C)C. The van der Waals surface area contributed by atoms with E-state index in [0.29, 0.717) is 73.0 Å². The van der Waals surface area contributed by atoms with Crippen LogP contribution in [0.4, 0.5) is 16.6 Å². The summed E-state index contributed by atoms with van der Waals surface area (Å²) in [5.41, 5.74) is 7.88. The summed E-state index contributed by atoms with van der Waals surface area (Å²) in [6.07, 6.45) is 8.66. The van der Waals surface area contributed by atoms with Gasteiger partial charge in [0.25, 0.3) is 5.91 Å². The molecule has 1 N–H and O–H groups in total. The van der Waals surface area contributed by atoms with Crippen molar-refractivity contribution in [2.75, 3.05) is 67.3 Å². The van der Waals surface area contributed by atoms with E-state index in [1.54, 1.807) is 11.1 Å². The van der Waals surface area contributed by atoms with Crippen LogP contribution in [-0.4, -0.2) is 126 Å². The van der Waals surface area contributed by atoms with Crippen molar-refractivity contribution >= 4 is 80.9 Å². The van der Waals surface area contributed by atoms with Crippen molar-refractivity contribution < 1.29 is 33.4 Å². The van der Waals surface area contributed by atoms with Crippen LogP contribution in [0, 0.1) is 18.8 Å². The van der Waals surface area contributed by atoms with Crippen molar-refractivity contribution in [2.24, 2.45) is 18.9 Å². The van der Waals surface area contributed by atoms with Gasteiger partial charge in [0.05, 0.1) is 39.1 Å². The first-order valence-electron chi connectivity index (χ1n) is 30.5. The molecule has 85 heavy (non-hydrogen) atoms. The number of carbonyl (C=O) groups is 4. The van der Waals surface area contributed by atoms with Gasteiger partial charge in [-0.05, 0) is 150 Å². The van der Waals surface area contributed by atoms with E-state index in [1.165, 1.54) is 17.8 Å². The number of aryl methyl sites for hydroxylation is 1. The molecule has 0 radical (unpaired) electrons. The number of aromatic nitrogens is 5. The summed E-state index contributed by atoms with van der Waals surface area (Å²) in [6, 6.07) is 27.1. The topological polar surface area (TPSA) is 177 Å². The van der Waals surface area contributed by atoms with Gasteiger partial charge in [0.1, 0.15) is 29.6 Å². The molecule has 2 atom stereocenters. The lowest BCUT2D eigenvalue weighted by atomic mass is 9.82. The summed E-state index contributed by atoms with van der Waals surface area (Å²) in [6.45, 7) is 23.4. The highest BCUT2D eigenvalue weighted by Crippen LogP contribution is 2.40. The third-order valence-corrected chi connectivity index (χ3v) is 20.0. The van der Waals surface area contributed by atoms with Crippen LogP contribution in [0.2, 0.25) is 25.7 Å². The number of piperazine rings is 1. The number of pyridine rings is 2. The molecule has 1 saturated carbocycles. The molecule has 1 aliphatic carbocycles. The molecule has 19 heteroatoms. The average molecular weight is 1190 g/mol. The minimum absolute atomic E-state index is 0.0583. The lowest BCUT2D eigenvalue weighted by Crippen LogP contribution is -2.47. The number of thiazole rings is 1. The number of para-hydroxylation sites is 2. The predicted octanol–water partition coefficient (Wildman–Crippen LogP) is 11.7. The number of hydrogen-bond acceptors (Lipinski definition) is 15. The van der Waals surface area contributed by atoms with E-state index >= 15 is 0 Å². The molecule has 7 heterocycles. The zero-order valence-corrected chi connectivity index (χ0v) is 52.7. The first-order valence-corrected chi connectivity index (χ1v) is 35.0. The maximum absolute atomic E-state index is 14.9. The van der Waals surface area contributed by atoms with Gasteiger partial charge < -0.3 is 24.0 Å². The van der Waals surface area contributed by atoms with Crippen LogP contribution in [0.25, 0.3) is 32.2 Å². The van der Waals surface area contributed by atoms with E-state index in [4.69, 9.17) is 34.3 Å². The number of esters is 1. The first kappa shape index (κ1) is 59.7. The molecule has 1 unspecified atom stereocenters. The molecule has 3 amide bonds. The van der Waals surface area contributed by atoms with Gasteiger partial charge in [0.15, 0.2) is 10.8 Å². The van der Waals surface area contributed by atoms with Crippen LogP contribution in [0.15, 0.2) is 85.1 Å². The highest BCUT2D eigenvalue weighted by Gasteiger charge is 2.35. The van der Waals surface area contributed by atoms with Gasteiger partial charge >= 0.3 is 5.97 Å². The molecule has 11 rings (SSSR count). The van der Waals surface area contributed by atoms with Crippen LogP contribution in [0.1, 0.15) is 122 Å². The maximum Gasteiger partial charge on any atom is 0.358 e. The van der Waals surface area contributed by atoms with Crippen molar-refractivity contribution in [2.45, 2.75) is 136 Å². The number of benzene rings is 3. The van der Waals surface area contributed by atoms with Gasteiger partial charge in [-0.1, -0.05) is 74.3 Å². The Morgan fingerprint density at radius 2 is 1.62 bits per heavy atom. The molecule has 2 saturated heterocycles. The third-order valence-electron chi connectivity index (χ3n) is 17.2. The Balaban J connectivity index is 0.727. The number of fused-ring (bicyclic) bond motifs is 3. The summed E-state index contributed by atoms with van der Waals surface area (Å²) in [7, 11) is 0.566. The van der Waals surface area contributed by atoms with E-state index in [0.717, 1.165) is 125 Å². The van der Waals surface area contributed by atoms with Gasteiger partial charge in [-0.2, -0.15) is 5.10 Å². The molecule has 448 valence electrons. The second-order valence-corrected chi connectivity index (χ2v) is 32.7. The number of nitrogens with zero attached hydrogens (tertiary/aromatic N) is 9. The number of rotatable bonds is 18. The van der Waals surface area contributed by atoms with Crippen molar-refractivity contribution in [3.63, 3.8) is 0 Å². The van der Waals surface area contributed by atoms with Crippen molar-refractivity contribution in [3.8, 4) is 16.9 Å². The van der Waals surface area contributed by atoms with E-state index in [2.05, 4.69) is 65.6 Å². The van der Waals surface area contributed by atoms with Crippen LogP contribution >= 0.6 is 11.3 Å². The maximum atomic E-state index is 14.9. The molecular formula is C66H82N10O7SSi. The second kappa shape index (κ2) is 25.1. The van der Waals surface area contributed by atoms with E-state index in [-0.39, 0.29) is 36.3 Å².